The molecule has 0 saturated heterocycles. The highest BCUT2D eigenvalue weighted by Gasteiger charge is 2.28. The number of fused-ring (bicyclic) bond motifs is 3. The second kappa shape index (κ2) is 7.50. The Labute approximate surface area is 177 Å². The fourth-order valence-corrected chi connectivity index (χ4v) is 5.37. The van der Waals surface area contributed by atoms with Crippen molar-refractivity contribution >= 4 is 49.3 Å². The van der Waals surface area contributed by atoms with E-state index in [1.54, 1.807) is 31.3 Å². The second-order valence-electron chi connectivity index (χ2n) is 7.43. The topological polar surface area (TPSA) is 110 Å². The molecule has 0 fully saturated rings. The van der Waals surface area contributed by atoms with Gasteiger partial charge in [-0.3, -0.25) is 4.79 Å². The van der Waals surface area contributed by atoms with E-state index in [0.29, 0.717) is 11.2 Å². The summed E-state index contributed by atoms with van der Waals surface area (Å²) in [6, 6.07) is 9.08. The van der Waals surface area contributed by atoms with Gasteiger partial charge >= 0.3 is 5.97 Å². The van der Waals surface area contributed by atoms with E-state index in [4.69, 9.17) is 4.42 Å². The van der Waals surface area contributed by atoms with E-state index in [-0.39, 0.29) is 4.90 Å². The van der Waals surface area contributed by atoms with E-state index in [9.17, 15) is 18.3 Å². The minimum absolute atomic E-state index is 0.0447. The SMILES string of the molecule is Cc1cnc(-c2ccc3oc4cc(S(=O)(=O)N[C@H](C(=O)O)C(C)C)ccc4c3c2)s1. The van der Waals surface area contributed by atoms with Crippen LogP contribution in [0.3, 0.4) is 0 Å². The summed E-state index contributed by atoms with van der Waals surface area (Å²) in [6.07, 6.45) is 1.82. The zero-order valence-electron chi connectivity index (χ0n) is 16.5. The highest BCUT2D eigenvalue weighted by Crippen LogP contribution is 2.34. The molecule has 2 aromatic heterocycles. The molecular formula is C21H20N2O5S2. The number of nitrogens with zero attached hydrogens (tertiary/aromatic N) is 1. The number of thiazole rings is 1. The van der Waals surface area contributed by atoms with Gasteiger partial charge in [-0.15, -0.1) is 11.3 Å². The van der Waals surface area contributed by atoms with Crippen molar-refractivity contribution in [3.8, 4) is 10.6 Å². The number of nitrogens with one attached hydrogen (secondary N) is 1. The molecule has 156 valence electrons. The van der Waals surface area contributed by atoms with Crippen LogP contribution in [-0.4, -0.2) is 30.5 Å². The van der Waals surface area contributed by atoms with Crippen LogP contribution >= 0.6 is 11.3 Å². The number of rotatable bonds is 6. The molecule has 2 N–H and O–H groups in total. The lowest BCUT2D eigenvalue weighted by atomic mass is 10.1. The number of sulfonamides is 1. The second-order valence-corrected chi connectivity index (χ2v) is 10.4. The molecule has 9 heteroatoms. The predicted octanol–water partition coefficient (Wildman–Crippen LogP) is 4.41. The number of furan rings is 1. The molecule has 0 spiro atoms. The molecule has 1 atom stereocenters. The van der Waals surface area contributed by atoms with E-state index >= 15 is 0 Å². The van der Waals surface area contributed by atoms with Crippen molar-refractivity contribution in [1.82, 2.24) is 9.71 Å². The Morgan fingerprint density at radius 3 is 2.53 bits per heavy atom. The van der Waals surface area contributed by atoms with E-state index in [2.05, 4.69) is 9.71 Å². The summed E-state index contributed by atoms with van der Waals surface area (Å²) in [6.45, 7) is 5.29. The van der Waals surface area contributed by atoms with Crippen LogP contribution in [0.15, 0.2) is 51.9 Å². The van der Waals surface area contributed by atoms with Crippen molar-refractivity contribution in [2.45, 2.75) is 31.7 Å². The summed E-state index contributed by atoms with van der Waals surface area (Å²) in [5.41, 5.74) is 2.01. The van der Waals surface area contributed by atoms with Gasteiger partial charge in [0.25, 0.3) is 0 Å². The van der Waals surface area contributed by atoms with Crippen LogP contribution < -0.4 is 4.72 Å². The van der Waals surface area contributed by atoms with Gasteiger partial charge in [0.1, 0.15) is 22.2 Å². The Morgan fingerprint density at radius 2 is 1.90 bits per heavy atom. The number of carboxylic acid groups (broad SMARTS) is 1. The van der Waals surface area contributed by atoms with Crippen LogP contribution in [0.2, 0.25) is 0 Å². The molecule has 0 aliphatic heterocycles. The molecule has 7 nitrogen and oxygen atoms in total. The molecule has 0 unspecified atom stereocenters. The summed E-state index contributed by atoms with van der Waals surface area (Å²) in [4.78, 5) is 16.9. The van der Waals surface area contributed by atoms with Crippen LogP contribution in [0, 0.1) is 12.8 Å². The summed E-state index contributed by atoms with van der Waals surface area (Å²) < 4.78 is 33.6. The van der Waals surface area contributed by atoms with Gasteiger partial charge < -0.3 is 9.52 Å². The van der Waals surface area contributed by atoms with Crippen LogP contribution in [0.5, 0.6) is 0 Å². The quantitative estimate of drug-likeness (QED) is 0.456. The summed E-state index contributed by atoms with van der Waals surface area (Å²) in [5, 5.41) is 11.8. The molecule has 4 rings (SSSR count). The fourth-order valence-electron chi connectivity index (χ4n) is 3.25. The van der Waals surface area contributed by atoms with Gasteiger partial charge in [-0.2, -0.15) is 4.72 Å². The third-order valence-corrected chi connectivity index (χ3v) is 7.24. The van der Waals surface area contributed by atoms with Gasteiger partial charge in [0.05, 0.1) is 4.90 Å². The molecule has 0 saturated carbocycles. The molecule has 0 aliphatic rings. The zero-order valence-corrected chi connectivity index (χ0v) is 18.2. The highest BCUT2D eigenvalue weighted by atomic mass is 32.2. The van der Waals surface area contributed by atoms with E-state index < -0.39 is 28.0 Å². The normalized spacial score (nSPS) is 13.3. The van der Waals surface area contributed by atoms with E-state index in [1.165, 1.54) is 12.1 Å². The monoisotopic (exact) mass is 444 g/mol. The van der Waals surface area contributed by atoms with Gasteiger partial charge in [-0.1, -0.05) is 13.8 Å². The molecule has 2 aromatic carbocycles. The molecule has 0 bridgehead atoms. The Morgan fingerprint density at radius 1 is 1.13 bits per heavy atom. The standard InChI is InChI=1S/C21H20N2O5S2/c1-11(2)19(21(24)25)23-30(26,27)14-5-6-15-16-8-13(20-22-10-12(3)29-20)4-7-17(16)28-18(15)9-14/h4-11,19,23H,1-3H3,(H,24,25)/t19-/m0/s1. The number of hydrogen-bond acceptors (Lipinski definition) is 6. The first-order valence-corrected chi connectivity index (χ1v) is 11.6. The minimum Gasteiger partial charge on any atom is -0.480 e. The third kappa shape index (κ3) is 3.71. The Hall–Kier alpha value is -2.75. The first-order chi connectivity index (χ1) is 14.2. The van der Waals surface area contributed by atoms with Crippen LogP contribution in [-0.2, 0) is 14.8 Å². The van der Waals surface area contributed by atoms with Gasteiger partial charge in [0.15, 0.2) is 0 Å². The number of hydrogen-bond donors (Lipinski definition) is 2. The fraction of sp³-hybridized carbons (Fsp3) is 0.238. The van der Waals surface area contributed by atoms with Crippen LogP contribution in [0.25, 0.3) is 32.5 Å². The lowest BCUT2D eigenvalue weighted by Crippen LogP contribution is -2.44. The number of aryl methyl sites for hydroxylation is 1. The van der Waals surface area contributed by atoms with Crippen molar-refractivity contribution in [3.05, 3.63) is 47.5 Å². The average Bonchev–Trinajstić information content (AvgIpc) is 3.28. The van der Waals surface area contributed by atoms with Crippen LogP contribution in [0.4, 0.5) is 0 Å². The lowest BCUT2D eigenvalue weighted by molar-refractivity contribution is -0.140. The van der Waals surface area contributed by atoms with Gasteiger partial charge in [-0.05, 0) is 43.2 Å². The number of carbonyl (C=O) groups is 1. The molecule has 0 amide bonds. The third-order valence-electron chi connectivity index (χ3n) is 4.84. The smallest absolute Gasteiger partial charge is 0.322 e. The number of carboxylic acids is 1. The number of benzene rings is 2. The van der Waals surface area contributed by atoms with Crippen LogP contribution in [0.1, 0.15) is 18.7 Å². The van der Waals surface area contributed by atoms with E-state index in [0.717, 1.165) is 26.2 Å². The number of aliphatic carboxylic acids is 1. The molecule has 0 radical (unpaired) electrons. The Kier molecular flexibility index (Phi) is 5.13. The maximum atomic E-state index is 12.7. The molecule has 30 heavy (non-hydrogen) atoms. The number of aromatic nitrogens is 1. The first kappa shape index (κ1) is 20.5. The Bertz CT molecular complexity index is 1370. The lowest BCUT2D eigenvalue weighted by Gasteiger charge is -2.17. The summed E-state index contributed by atoms with van der Waals surface area (Å²) in [5.74, 6) is -1.62. The summed E-state index contributed by atoms with van der Waals surface area (Å²) in [7, 11) is -4.03. The van der Waals surface area contributed by atoms with Crippen molar-refractivity contribution in [2.75, 3.05) is 0 Å². The molecule has 2 heterocycles. The van der Waals surface area contributed by atoms with Crippen molar-refractivity contribution in [2.24, 2.45) is 5.92 Å². The zero-order chi connectivity index (χ0) is 21.6. The maximum absolute atomic E-state index is 12.7. The molecular weight excluding hydrogens is 424 g/mol. The van der Waals surface area contributed by atoms with Gasteiger partial charge in [-0.25, -0.2) is 13.4 Å². The van der Waals surface area contributed by atoms with Gasteiger partial charge in [0, 0.05) is 33.5 Å². The van der Waals surface area contributed by atoms with Gasteiger partial charge in [0.2, 0.25) is 10.0 Å². The van der Waals surface area contributed by atoms with Crippen molar-refractivity contribution < 1.29 is 22.7 Å². The van der Waals surface area contributed by atoms with E-state index in [1.807, 2.05) is 31.3 Å². The van der Waals surface area contributed by atoms with Crippen molar-refractivity contribution in [3.63, 3.8) is 0 Å². The maximum Gasteiger partial charge on any atom is 0.322 e. The highest BCUT2D eigenvalue weighted by molar-refractivity contribution is 7.89. The largest absolute Gasteiger partial charge is 0.480 e. The molecule has 0 aliphatic carbocycles. The first-order valence-electron chi connectivity index (χ1n) is 9.30. The van der Waals surface area contributed by atoms with Crippen molar-refractivity contribution in [1.29, 1.82) is 0 Å². The predicted molar refractivity (Wildman–Crippen MR) is 116 cm³/mol. The Balaban J connectivity index is 1.76. The summed E-state index contributed by atoms with van der Waals surface area (Å²) >= 11 is 1.60. The minimum atomic E-state index is -4.03. The average molecular weight is 445 g/mol. The molecule has 4 aromatic rings.